The number of carbonyl (C=O) groups is 2. The Labute approximate surface area is 84.9 Å². The highest BCUT2D eigenvalue weighted by Crippen LogP contribution is 1.95. The molecule has 4 nitrogen and oxygen atoms in total. The SMILES string of the molecule is CC(=O)CCN(CCO)CCC(C)=O. The predicted molar refractivity (Wildman–Crippen MR) is 54.1 cm³/mol. The third-order valence-corrected chi connectivity index (χ3v) is 1.98. The fourth-order valence-electron chi connectivity index (χ4n) is 1.11. The molecule has 1 N–H and O–H groups in total. The Morgan fingerprint density at radius 2 is 1.43 bits per heavy atom. The number of carbonyl (C=O) groups excluding carboxylic acids is 2. The Bertz CT molecular complexity index is 174. The number of hydrogen-bond donors (Lipinski definition) is 1. The van der Waals surface area contributed by atoms with Crippen molar-refractivity contribution in [3.8, 4) is 0 Å². The molecule has 0 spiro atoms. The minimum atomic E-state index is 0.0653. The molecule has 82 valence electrons. The molecule has 0 aliphatic heterocycles. The lowest BCUT2D eigenvalue weighted by Crippen LogP contribution is -2.31. The van der Waals surface area contributed by atoms with E-state index in [0.717, 1.165) is 0 Å². The average molecular weight is 201 g/mol. The molecule has 0 unspecified atom stereocenters. The average Bonchev–Trinajstić information content (AvgIpc) is 2.09. The van der Waals surface area contributed by atoms with Crippen molar-refractivity contribution in [2.45, 2.75) is 26.7 Å². The molecule has 0 atom stereocenters. The first-order valence-electron chi connectivity index (χ1n) is 4.88. The van der Waals surface area contributed by atoms with E-state index in [1.807, 2.05) is 4.90 Å². The Kier molecular flexibility index (Phi) is 7.24. The van der Waals surface area contributed by atoms with Gasteiger partial charge < -0.3 is 10.0 Å². The summed E-state index contributed by atoms with van der Waals surface area (Å²) in [6.45, 7) is 4.94. The molecule has 0 saturated heterocycles. The Morgan fingerprint density at radius 3 is 1.71 bits per heavy atom. The van der Waals surface area contributed by atoms with Crippen LogP contribution in [0.25, 0.3) is 0 Å². The van der Waals surface area contributed by atoms with E-state index < -0.39 is 0 Å². The predicted octanol–water partition coefficient (Wildman–Crippen LogP) is 0.239. The second kappa shape index (κ2) is 7.64. The summed E-state index contributed by atoms with van der Waals surface area (Å²) in [5.41, 5.74) is 0. The first-order chi connectivity index (χ1) is 6.56. The first-order valence-corrected chi connectivity index (χ1v) is 4.88. The Morgan fingerprint density at radius 1 is 1.00 bits per heavy atom. The van der Waals surface area contributed by atoms with Gasteiger partial charge in [-0.25, -0.2) is 0 Å². The highest BCUT2D eigenvalue weighted by atomic mass is 16.3. The zero-order valence-electron chi connectivity index (χ0n) is 8.95. The van der Waals surface area contributed by atoms with Gasteiger partial charge in [0, 0.05) is 32.5 Å². The highest BCUT2D eigenvalue weighted by molar-refractivity contribution is 5.76. The van der Waals surface area contributed by atoms with E-state index in [-0.39, 0.29) is 18.2 Å². The maximum absolute atomic E-state index is 10.7. The van der Waals surface area contributed by atoms with E-state index >= 15 is 0 Å². The van der Waals surface area contributed by atoms with E-state index in [0.29, 0.717) is 32.5 Å². The van der Waals surface area contributed by atoms with Crippen LogP contribution in [-0.4, -0.2) is 47.8 Å². The van der Waals surface area contributed by atoms with Crippen molar-refractivity contribution in [3.05, 3.63) is 0 Å². The summed E-state index contributed by atoms with van der Waals surface area (Å²) in [6.07, 6.45) is 0.968. The molecule has 0 bridgehead atoms. The first kappa shape index (κ1) is 13.3. The number of aliphatic hydroxyl groups excluding tert-OH is 1. The van der Waals surface area contributed by atoms with E-state index in [9.17, 15) is 9.59 Å². The fourth-order valence-corrected chi connectivity index (χ4v) is 1.11. The van der Waals surface area contributed by atoms with Crippen LogP contribution in [0.2, 0.25) is 0 Å². The lowest BCUT2D eigenvalue weighted by molar-refractivity contribution is -0.117. The topological polar surface area (TPSA) is 57.6 Å². The van der Waals surface area contributed by atoms with Crippen molar-refractivity contribution >= 4 is 11.6 Å². The molecular weight excluding hydrogens is 182 g/mol. The van der Waals surface area contributed by atoms with Gasteiger partial charge in [-0.15, -0.1) is 0 Å². The zero-order chi connectivity index (χ0) is 11.0. The summed E-state index contributed by atoms with van der Waals surface area (Å²) in [7, 11) is 0. The van der Waals surface area contributed by atoms with Gasteiger partial charge in [0.15, 0.2) is 0 Å². The minimum Gasteiger partial charge on any atom is -0.395 e. The van der Waals surface area contributed by atoms with Crippen LogP contribution in [-0.2, 0) is 9.59 Å². The van der Waals surface area contributed by atoms with Gasteiger partial charge in [-0.3, -0.25) is 9.59 Å². The van der Waals surface area contributed by atoms with Gasteiger partial charge >= 0.3 is 0 Å². The maximum atomic E-state index is 10.7. The van der Waals surface area contributed by atoms with Gasteiger partial charge in [-0.1, -0.05) is 0 Å². The number of aliphatic hydroxyl groups is 1. The molecule has 0 aliphatic carbocycles. The van der Waals surface area contributed by atoms with E-state index in [1.165, 1.54) is 0 Å². The summed E-state index contributed by atoms with van der Waals surface area (Å²) in [6, 6.07) is 0. The zero-order valence-corrected chi connectivity index (χ0v) is 8.95. The number of nitrogens with zero attached hydrogens (tertiary/aromatic N) is 1. The van der Waals surface area contributed by atoms with Crippen LogP contribution in [0.1, 0.15) is 26.7 Å². The van der Waals surface area contributed by atoms with Gasteiger partial charge in [0.25, 0.3) is 0 Å². The molecule has 0 radical (unpaired) electrons. The third kappa shape index (κ3) is 7.89. The van der Waals surface area contributed by atoms with Crippen molar-refractivity contribution in [1.29, 1.82) is 0 Å². The third-order valence-electron chi connectivity index (χ3n) is 1.98. The number of Topliss-reactive ketones (excluding diaryl/α,β-unsaturated/α-hetero) is 2. The Hall–Kier alpha value is -0.740. The van der Waals surface area contributed by atoms with Crippen LogP contribution in [0.5, 0.6) is 0 Å². The summed E-state index contributed by atoms with van der Waals surface area (Å²) in [5, 5.41) is 8.76. The molecular formula is C10H19NO3. The molecule has 0 saturated carbocycles. The molecule has 0 aromatic heterocycles. The van der Waals surface area contributed by atoms with Crippen molar-refractivity contribution in [1.82, 2.24) is 4.90 Å². The van der Waals surface area contributed by atoms with E-state index in [2.05, 4.69) is 0 Å². The summed E-state index contributed by atoms with van der Waals surface area (Å²) in [5.74, 6) is 0.270. The van der Waals surface area contributed by atoms with Crippen LogP contribution >= 0.6 is 0 Å². The van der Waals surface area contributed by atoms with Gasteiger partial charge in [0.2, 0.25) is 0 Å². The molecule has 0 fully saturated rings. The van der Waals surface area contributed by atoms with Crippen LogP contribution in [0.15, 0.2) is 0 Å². The lowest BCUT2D eigenvalue weighted by atomic mass is 10.2. The quantitative estimate of drug-likeness (QED) is 0.611. The molecule has 0 aliphatic rings. The Balaban J connectivity index is 3.76. The van der Waals surface area contributed by atoms with Crippen LogP contribution in [0, 0.1) is 0 Å². The number of rotatable bonds is 8. The molecule has 4 heteroatoms. The summed E-state index contributed by atoms with van der Waals surface area (Å²) in [4.78, 5) is 23.4. The second-order valence-corrected chi connectivity index (χ2v) is 3.47. The monoisotopic (exact) mass is 201 g/mol. The molecule has 0 aromatic rings. The molecule has 0 aromatic carbocycles. The smallest absolute Gasteiger partial charge is 0.131 e. The standard InChI is InChI=1S/C10H19NO3/c1-9(13)3-5-11(7-8-12)6-4-10(2)14/h12H,3-8H2,1-2H3. The van der Waals surface area contributed by atoms with Crippen LogP contribution in [0.3, 0.4) is 0 Å². The summed E-state index contributed by atoms with van der Waals surface area (Å²) < 4.78 is 0. The van der Waals surface area contributed by atoms with Gasteiger partial charge in [0.1, 0.15) is 11.6 Å². The van der Waals surface area contributed by atoms with Crippen LogP contribution in [0.4, 0.5) is 0 Å². The number of ketones is 2. The van der Waals surface area contributed by atoms with Gasteiger partial charge in [-0.2, -0.15) is 0 Å². The highest BCUT2D eigenvalue weighted by Gasteiger charge is 2.06. The van der Waals surface area contributed by atoms with Crippen molar-refractivity contribution in [3.63, 3.8) is 0 Å². The van der Waals surface area contributed by atoms with Crippen LogP contribution < -0.4 is 0 Å². The molecule has 0 amide bonds. The molecule has 0 rings (SSSR count). The van der Waals surface area contributed by atoms with Gasteiger partial charge in [-0.05, 0) is 13.8 Å². The van der Waals surface area contributed by atoms with Gasteiger partial charge in [0.05, 0.1) is 6.61 Å². The number of hydrogen-bond acceptors (Lipinski definition) is 4. The summed E-state index contributed by atoms with van der Waals surface area (Å²) >= 11 is 0. The maximum Gasteiger partial charge on any atom is 0.131 e. The van der Waals surface area contributed by atoms with Crippen molar-refractivity contribution < 1.29 is 14.7 Å². The van der Waals surface area contributed by atoms with E-state index in [1.54, 1.807) is 13.8 Å². The lowest BCUT2D eigenvalue weighted by Gasteiger charge is -2.19. The van der Waals surface area contributed by atoms with Crippen molar-refractivity contribution in [2.75, 3.05) is 26.2 Å². The molecule has 14 heavy (non-hydrogen) atoms. The molecule has 0 heterocycles. The van der Waals surface area contributed by atoms with E-state index in [4.69, 9.17) is 5.11 Å². The second-order valence-electron chi connectivity index (χ2n) is 3.47. The largest absolute Gasteiger partial charge is 0.395 e. The minimum absolute atomic E-state index is 0.0653. The normalized spacial score (nSPS) is 10.6. The van der Waals surface area contributed by atoms with Crippen molar-refractivity contribution in [2.24, 2.45) is 0 Å². The fraction of sp³-hybridized carbons (Fsp3) is 0.800.